The zero-order valence-corrected chi connectivity index (χ0v) is 10.5. The van der Waals surface area contributed by atoms with Crippen LogP contribution in [0.25, 0.3) is 0 Å². The Kier molecular flexibility index (Phi) is 7.39. The number of hydrogen-bond donors (Lipinski definition) is 0. The van der Waals surface area contributed by atoms with Crippen LogP contribution in [0.3, 0.4) is 0 Å². The minimum atomic E-state index is -0.110. The molecule has 90 valence electrons. The normalized spacial score (nSPS) is 11.5. The van der Waals surface area contributed by atoms with Crippen molar-refractivity contribution in [3.8, 4) is 0 Å². The average molecular weight is 216 g/mol. The summed E-state index contributed by atoms with van der Waals surface area (Å²) in [6.45, 7) is 9.80. The summed E-state index contributed by atoms with van der Waals surface area (Å²) in [6, 6.07) is 0. The lowest BCUT2D eigenvalue weighted by Crippen LogP contribution is -2.21. The van der Waals surface area contributed by atoms with Gasteiger partial charge < -0.3 is 9.47 Å². The third-order valence-corrected chi connectivity index (χ3v) is 2.97. The molecule has 0 aromatic carbocycles. The highest BCUT2D eigenvalue weighted by molar-refractivity contribution is 5.70. The lowest BCUT2D eigenvalue weighted by atomic mass is 9.81. The van der Waals surface area contributed by atoms with Crippen molar-refractivity contribution in [3.05, 3.63) is 0 Å². The molecule has 3 nitrogen and oxygen atoms in total. The molecule has 15 heavy (non-hydrogen) atoms. The van der Waals surface area contributed by atoms with Gasteiger partial charge in [0.25, 0.3) is 0 Å². The second kappa shape index (κ2) is 7.69. The Hall–Kier alpha value is -0.570. The van der Waals surface area contributed by atoms with Crippen LogP contribution in [0.2, 0.25) is 0 Å². The van der Waals surface area contributed by atoms with E-state index in [-0.39, 0.29) is 11.4 Å². The zero-order valence-electron chi connectivity index (χ0n) is 10.5. The largest absolute Gasteiger partial charge is 0.463 e. The van der Waals surface area contributed by atoms with E-state index in [2.05, 4.69) is 20.8 Å². The van der Waals surface area contributed by atoms with Crippen LogP contribution in [0, 0.1) is 5.41 Å². The molecule has 0 heterocycles. The third kappa shape index (κ3) is 6.50. The van der Waals surface area contributed by atoms with Gasteiger partial charge >= 0.3 is 5.97 Å². The third-order valence-electron chi connectivity index (χ3n) is 2.97. The first-order chi connectivity index (χ1) is 7.08. The Morgan fingerprint density at radius 2 is 1.73 bits per heavy atom. The Labute approximate surface area is 93.1 Å². The van der Waals surface area contributed by atoms with Crippen molar-refractivity contribution >= 4 is 5.97 Å². The van der Waals surface area contributed by atoms with Gasteiger partial charge in [0.05, 0.1) is 13.0 Å². The number of hydrogen-bond acceptors (Lipinski definition) is 3. The van der Waals surface area contributed by atoms with Crippen molar-refractivity contribution in [2.75, 3.05) is 19.8 Å². The summed E-state index contributed by atoms with van der Waals surface area (Å²) in [7, 11) is 0. The van der Waals surface area contributed by atoms with Crippen LogP contribution >= 0.6 is 0 Å². The maximum Gasteiger partial charge on any atom is 0.306 e. The molecule has 0 amide bonds. The van der Waals surface area contributed by atoms with Gasteiger partial charge in [-0.1, -0.05) is 33.6 Å². The van der Waals surface area contributed by atoms with Gasteiger partial charge in [0, 0.05) is 6.61 Å². The van der Waals surface area contributed by atoms with Crippen LogP contribution in [0.5, 0.6) is 0 Å². The Morgan fingerprint density at radius 1 is 1.13 bits per heavy atom. The first kappa shape index (κ1) is 14.4. The average Bonchev–Trinajstić information content (AvgIpc) is 2.24. The van der Waals surface area contributed by atoms with Crippen LogP contribution in [0.4, 0.5) is 0 Å². The summed E-state index contributed by atoms with van der Waals surface area (Å²) < 4.78 is 10.2. The molecule has 0 N–H and O–H groups in total. The van der Waals surface area contributed by atoms with Crippen LogP contribution < -0.4 is 0 Å². The van der Waals surface area contributed by atoms with E-state index in [1.54, 1.807) is 0 Å². The second-order valence-corrected chi connectivity index (χ2v) is 4.11. The van der Waals surface area contributed by atoms with Crippen molar-refractivity contribution in [1.82, 2.24) is 0 Å². The molecule has 0 aromatic heterocycles. The molecule has 0 aliphatic rings. The van der Waals surface area contributed by atoms with E-state index in [0.717, 1.165) is 12.8 Å². The Balaban J connectivity index is 3.72. The maximum absolute atomic E-state index is 11.5. The lowest BCUT2D eigenvalue weighted by Gasteiger charge is -2.25. The van der Waals surface area contributed by atoms with Gasteiger partial charge in [0.2, 0.25) is 0 Å². The van der Waals surface area contributed by atoms with Crippen LogP contribution in [0.1, 0.15) is 47.0 Å². The Morgan fingerprint density at radius 3 is 2.20 bits per heavy atom. The fraction of sp³-hybridized carbons (Fsp3) is 0.917. The molecule has 0 aliphatic carbocycles. The molecule has 0 aromatic rings. The first-order valence-corrected chi connectivity index (χ1v) is 5.81. The van der Waals surface area contributed by atoms with Crippen molar-refractivity contribution < 1.29 is 14.3 Å². The SMILES string of the molecule is CCOCCOC(=O)CC(C)(CC)CC. The van der Waals surface area contributed by atoms with Crippen LogP contribution in [-0.4, -0.2) is 25.8 Å². The van der Waals surface area contributed by atoms with E-state index in [1.807, 2.05) is 6.92 Å². The molecule has 0 rings (SSSR count). The van der Waals surface area contributed by atoms with E-state index >= 15 is 0 Å². The minimum absolute atomic E-state index is 0.0860. The van der Waals surface area contributed by atoms with Gasteiger partial charge in [0.15, 0.2) is 0 Å². The fourth-order valence-corrected chi connectivity index (χ4v) is 1.26. The quantitative estimate of drug-likeness (QED) is 0.462. The summed E-state index contributed by atoms with van der Waals surface area (Å²) >= 11 is 0. The molecule has 0 aliphatic heterocycles. The topological polar surface area (TPSA) is 35.5 Å². The predicted octanol–water partition coefficient (Wildman–Crippen LogP) is 2.78. The number of ether oxygens (including phenoxy) is 2. The lowest BCUT2D eigenvalue weighted by molar-refractivity contribution is -0.147. The number of carbonyl (C=O) groups is 1. The van der Waals surface area contributed by atoms with Crippen molar-refractivity contribution in [1.29, 1.82) is 0 Å². The predicted molar refractivity (Wildman–Crippen MR) is 60.8 cm³/mol. The molecule has 0 unspecified atom stereocenters. The molecule has 0 bridgehead atoms. The van der Waals surface area contributed by atoms with Crippen LogP contribution in [-0.2, 0) is 14.3 Å². The van der Waals surface area contributed by atoms with E-state index in [9.17, 15) is 4.79 Å². The smallest absolute Gasteiger partial charge is 0.306 e. The molecule has 0 spiro atoms. The molecule has 0 saturated carbocycles. The van der Waals surface area contributed by atoms with Gasteiger partial charge in [-0.15, -0.1) is 0 Å². The van der Waals surface area contributed by atoms with Crippen molar-refractivity contribution in [2.45, 2.75) is 47.0 Å². The highest BCUT2D eigenvalue weighted by Gasteiger charge is 2.24. The highest BCUT2D eigenvalue weighted by Crippen LogP contribution is 2.29. The van der Waals surface area contributed by atoms with Gasteiger partial charge in [0.1, 0.15) is 6.61 Å². The molecular formula is C12H24O3. The molecule has 3 heteroatoms. The van der Waals surface area contributed by atoms with Gasteiger partial charge in [-0.25, -0.2) is 0 Å². The van der Waals surface area contributed by atoms with E-state index in [0.29, 0.717) is 26.2 Å². The second-order valence-electron chi connectivity index (χ2n) is 4.11. The number of esters is 1. The maximum atomic E-state index is 11.5. The van der Waals surface area contributed by atoms with Gasteiger partial charge in [-0.05, 0) is 12.3 Å². The molecule has 0 saturated heterocycles. The molecule has 0 radical (unpaired) electrons. The number of carbonyl (C=O) groups excluding carboxylic acids is 1. The van der Waals surface area contributed by atoms with E-state index < -0.39 is 0 Å². The molecule has 0 fully saturated rings. The standard InChI is InChI=1S/C12H24O3/c1-5-12(4,6-2)10-11(13)15-9-8-14-7-3/h5-10H2,1-4H3. The van der Waals surface area contributed by atoms with Crippen molar-refractivity contribution in [3.63, 3.8) is 0 Å². The first-order valence-electron chi connectivity index (χ1n) is 5.81. The van der Waals surface area contributed by atoms with E-state index in [4.69, 9.17) is 9.47 Å². The number of rotatable bonds is 8. The molecular weight excluding hydrogens is 192 g/mol. The summed E-state index contributed by atoms with van der Waals surface area (Å²) in [5.74, 6) is -0.110. The van der Waals surface area contributed by atoms with E-state index in [1.165, 1.54) is 0 Å². The Bertz CT molecular complexity index is 174. The summed E-state index contributed by atoms with van der Waals surface area (Å²) in [5, 5.41) is 0. The van der Waals surface area contributed by atoms with Crippen molar-refractivity contribution in [2.24, 2.45) is 5.41 Å². The highest BCUT2D eigenvalue weighted by atomic mass is 16.6. The monoisotopic (exact) mass is 216 g/mol. The van der Waals surface area contributed by atoms with Crippen LogP contribution in [0.15, 0.2) is 0 Å². The summed E-state index contributed by atoms with van der Waals surface area (Å²) in [4.78, 5) is 11.5. The zero-order chi connectivity index (χ0) is 11.7. The summed E-state index contributed by atoms with van der Waals surface area (Å²) in [6.07, 6.45) is 2.51. The molecule has 0 atom stereocenters. The summed E-state index contributed by atoms with van der Waals surface area (Å²) in [5.41, 5.74) is 0.0860. The fourth-order valence-electron chi connectivity index (χ4n) is 1.26. The van der Waals surface area contributed by atoms with Gasteiger partial charge in [-0.3, -0.25) is 4.79 Å². The minimum Gasteiger partial charge on any atom is -0.463 e. The van der Waals surface area contributed by atoms with Gasteiger partial charge in [-0.2, -0.15) is 0 Å².